The highest BCUT2D eigenvalue weighted by molar-refractivity contribution is 6.31. The number of aryl methyl sites for hydroxylation is 1. The van der Waals surface area contributed by atoms with E-state index in [4.69, 9.17) is 16.3 Å². The molecule has 1 saturated carbocycles. The number of nitrogens with zero attached hydrogens (tertiary/aromatic N) is 2. The second-order valence-electron chi connectivity index (χ2n) is 10.5. The topological polar surface area (TPSA) is 77.7 Å². The first-order valence-corrected chi connectivity index (χ1v) is 14.0. The van der Waals surface area contributed by atoms with E-state index in [9.17, 15) is 9.59 Å². The number of carbonyl (C=O) groups is 1. The van der Waals surface area contributed by atoms with Gasteiger partial charge in [0.2, 0.25) is 5.88 Å². The molecule has 1 fully saturated rings. The monoisotopic (exact) mass is 550 g/mol. The number of rotatable bonds is 9. The molecule has 8 heteroatoms. The number of hydrogen-bond donors (Lipinski definition) is 2. The van der Waals surface area contributed by atoms with Crippen LogP contribution in [0.2, 0.25) is 5.02 Å². The van der Waals surface area contributed by atoms with Crippen molar-refractivity contribution in [1.82, 2.24) is 15.2 Å². The van der Waals surface area contributed by atoms with E-state index in [-0.39, 0.29) is 17.9 Å². The molecule has 2 N–H and O–H groups in total. The lowest BCUT2D eigenvalue weighted by atomic mass is 9.89. The number of benzene rings is 2. The largest absolute Gasteiger partial charge is 0.441 e. The van der Waals surface area contributed by atoms with E-state index in [0.29, 0.717) is 45.6 Å². The number of hydrogen-bond acceptors (Lipinski definition) is 5. The van der Waals surface area contributed by atoms with E-state index >= 15 is 0 Å². The molecule has 1 aliphatic rings. The lowest BCUT2D eigenvalue weighted by molar-refractivity contribution is 0.0950. The third-order valence-corrected chi connectivity index (χ3v) is 7.91. The van der Waals surface area contributed by atoms with Gasteiger partial charge in [-0.3, -0.25) is 9.59 Å². The molecule has 1 aliphatic carbocycles. The highest BCUT2D eigenvalue weighted by atomic mass is 35.5. The SMILES string of the molecule is CCN(c1cc(Cl)cc(C(=O)NCc2c(Oc3ccccc3)[nH]c(C)cc2=O)c1C)C1CCC(N(C)C)CC1. The zero-order chi connectivity index (χ0) is 28.1. The minimum absolute atomic E-state index is 0.0178. The van der Waals surface area contributed by atoms with E-state index in [0.717, 1.165) is 43.5 Å². The first-order chi connectivity index (χ1) is 18.7. The van der Waals surface area contributed by atoms with Crippen LogP contribution in [0.15, 0.2) is 53.3 Å². The van der Waals surface area contributed by atoms with Gasteiger partial charge in [0, 0.05) is 46.7 Å². The van der Waals surface area contributed by atoms with Crippen LogP contribution >= 0.6 is 11.6 Å². The fourth-order valence-electron chi connectivity index (χ4n) is 5.52. The quantitative estimate of drug-likeness (QED) is 0.338. The van der Waals surface area contributed by atoms with Crippen molar-refractivity contribution in [2.45, 2.75) is 65.1 Å². The predicted molar refractivity (Wildman–Crippen MR) is 158 cm³/mol. The van der Waals surface area contributed by atoms with Crippen LogP contribution in [0.25, 0.3) is 0 Å². The van der Waals surface area contributed by atoms with Crippen LogP contribution in [0.1, 0.15) is 59.8 Å². The molecule has 0 radical (unpaired) electrons. The molecule has 0 bridgehead atoms. The molecule has 0 spiro atoms. The summed E-state index contributed by atoms with van der Waals surface area (Å²) in [5.74, 6) is 0.635. The van der Waals surface area contributed by atoms with E-state index in [1.54, 1.807) is 13.0 Å². The zero-order valence-corrected chi connectivity index (χ0v) is 24.3. The van der Waals surface area contributed by atoms with Crippen LogP contribution in [-0.2, 0) is 6.54 Å². The fourth-order valence-corrected chi connectivity index (χ4v) is 5.73. The first kappa shape index (κ1) is 28.7. The van der Waals surface area contributed by atoms with Gasteiger partial charge < -0.3 is 24.8 Å². The molecular formula is C31H39ClN4O3. The summed E-state index contributed by atoms with van der Waals surface area (Å²) in [5.41, 5.74) is 3.21. The van der Waals surface area contributed by atoms with Crippen LogP contribution in [-0.4, -0.2) is 48.5 Å². The van der Waals surface area contributed by atoms with Gasteiger partial charge >= 0.3 is 0 Å². The predicted octanol–water partition coefficient (Wildman–Crippen LogP) is 6.07. The second-order valence-corrected chi connectivity index (χ2v) is 11.0. The molecule has 0 aliphatic heterocycles. The van der Waals surface area contributed by atoms with Gasteiger partial charge in [0.05, 0.1) is 12.1 Å². The van der Waals surface area contributed by atoms with Crippen molar-refractivity contribution in [3.63, 3.8) is 0 Å². The van der Waals surface area contributed by atoms with Gasteiger partial charge in [-0.15, -0.1) is 0 Å². The molecule has 7 nitrogen and oxygen atoms in total. The summed E-state index contributed by atoms with van der Waals surface area (Å²) in [6.45, 7) is 6.76. The zero-order valence-electron chi connectivity index (χ0n) is 23.5. The summed E-state index contributed by atoms with van der Waals surface area (Å²) in [6, 6.07) is 15.4. The van der Waals surface area contributed by atoms with Gasteiger partial charge in [0.15, 0.2) is 5.43 Å². The number of pyridine rings is 1. The van der Waals surface area contributed by atoms with Crippen LogP contribution < -0.4 is 20.4 Å². The van der Waals surface area contributed by atoms with E-state index in [1.165, 1.54) is 6.07 Å². The highest BCUT2D eigenvalue weighted by Crippen LogP contribution is 2.34. The highest BCUT2D eigenvalue weighted by Gasteiger charge is 2.28. The molecular weight excluding hydrogens is 512 g/mol. The maximum absolute atomic E-state index is 13.4. The Bertz CT molecular complexity index is 1350. The Hall–Kier alpha value is -3.29. The average molecular weight is 551 g/mol. The molecule has 1 aromatic heterocycles. The number of nitrogens with one attached hydrogen (secondary N) is 2. The number of halogens is 1. The van der Waals surface area contributed by atoms with Crippen molar-refractivity contribution in [3.05, 3.63) is 86.2 Å². The Labute approximate surface area is 236 Å². The van der Waals surface area contributed by atoms with Crippen LogP contribution in [0.3, 0.4) is 0 Å². The molecule has 0 saturated heterocycles. The van der Waals surface area contributed by atoms with Crippen molar-refractivity contribution in [1.29, 1.82) is 0 Å². The van der Waals surface area contributed by atoms with Crippen LogP contribution in [0.4, 0.5) is 5.69 Å². The van der Waals surface area contributed by atoms with Gasteiger partial charge in [-0.1, -0.05) is 29.8 Å². The van der Waals surface area contributed by atoms with Crippen molar-refractivity contribution in [2.24, 2.45) is 0 Å². The Morgan fingerprint density at radius 3 is 2.36 bits per heavy atom. The van der Waals surface area contributed by atoms with E-state index in [1.807, 2.05) is 43.3 Å². The summed E-state index contributed by atoms with van der Waals surface area (Å²) < 4.78 is 5.97. The molecule has 39 heavy (non-hydrogen) atoms. The van der Waals surface area contributed by atoms with E-state index < -0.39 is 0 Å². The fraction of sp³-hybridized carbons (Fsp3) is 0.419. The minimum atomic E-state index is -0.283. The standard InChI is InChI=1S/C31H39ClN4O3/c1-6-36(24-14-12-23(13-15-24)35(4)5)28-18-22(32)17-26(21(28)3)30(38)33-19-27-29(37)16-20(2)34-31(27)39-25-10-8-7-9-11-25/h7-11,16-18,23-24H,6,12-15,19H2,1-5H3,(H,33,38)(H,34,37). The Kier molecular flexibility index (Phi) is 9.36. The maximum Gasteiger partial charge on any atom is 0.251 e. The molecule has 0 atom stereocenters. The summed E-state index contributed by atoms with van der Waals surface area (Å²) >= 11 is 6.56. The summed E-state index contributed by atoms with van der Waals surface area (Å²) in [5, 5.41) is 3.45. The number of ether oxygens (including phenoxy) is 1. The average Bonchev–Trinajstić information content (AvgIpc) is 2.91. The Balaban J connectivity index is 1.55. The van der Waals surface area contributed by atoms with Gasteiger partial charge in [-0.2, -0.15) is 0 Å². The summed E-state index contributed by atoms with van der Waals surface area (Å²) in [7, 11) is 4.30. The minimum Gasteiger partial charge on any atom is -0.441 e. The number of para-hydroxylation sites is 1. The second kappa shape index (κ2) is 12.7. The van der Waals surface area contributed by atoms with Gasteiger partial charge in [0.25, 0.3) is 5.91 Å². The first-order valence-electron chi connectivity index (χ1n) is 13.6. The number of aromatic amines is 1. The van der Waals surface area contributed by atoms with Crippen molar-refractivity contribution < 1.29 is 9.53 Å². The number of H-pyrrole nitrogens is 1. The Morgan fingerprint density at radius 1 is 1.05 bits per heavy atom. The van der Waals surface area contributed by atoms with Gasteiger partial charge in [-0.25, -0.2) is 0 Å². The summed E-state index contributed by atoms with van der Waals surface area (Å²) in [4.78, 5) is 34.1. The molecule has 1 heterocycles. The maximum atomic E-state index is 13.4. The molecule has 1 amide bonds. The van der Waals surface area contributed by atoms with Crippen molar-refractivity contribution >= 4 is 23.2 Å². The summed E-state index contributed by atoms with van der Waals surface area (Å²) in [6.07, 6.45) is 4.51. The number of anilines is 1. The smallest absolute Gasteiger partial charge is 0.251 e. The number of aromatic nitrogens is 1. The normalized spacial score (nSPS) is 17.2. The van der Waals surface area contributed by atoms with Crippen LogP contribution in [0.5, 0.6) is 11.6 Å². The van der Waals surface area contributed by atoms with E-state index in [2.05, 4.69) is 41.1 Å². The number of carbonyl (C=O) groups excluding carboxylic acids is 1. The molecule has 3 aromatic rings. The molecule has 2 aromatic carbocycles. The Morgan fingerprint density at radius 2 is 1.72 bits per heavy atom. The molecule has 4 rings (SSSR count). The van der Waals surface area contributed by atoms with Gasteiger partial charge in [0.1, 0.15) is 5.75 Å². The number of amides is 1. The molecule has 208 valence electrons. The lowest BCUT2D eigenvalue weighted by Gasteiger charge is -2.40. The third kappa shape index (κ3) is 6.84. The van der Waals surface area contributed by atoms with Crippen LogP contribution in [0, 0.1) is 13.8 Å². The van der Waals surface area contributed by atoms with Crippen molar-refractivity contribution in [3.8, 4) is 11.6 Å². The molecule has 0 unspecified atom stereocenters. The van der Waals surface area contributed by atoms with Gasteiger partial charge in [-0.05, 0) is 90.4 Å². The third-order valence-electron chi connectivity index (χ3n) is 7.70. The van der Waals surface area contributed by atoms with Crippen molar-refractivity contribution in [2.75, 3.05) is 25.5 Å². The lowest BCUT2D eigenvalue weighted by Crippen LogP contribution is -2.42.